The molecule has 4 nitrogen and oxygen atoms in total. The van der Waals surface area contributed by atoms with E-state index in [1.54, 1.807) is 6.20 Å². The van der Waals surface area contributed by atoms with E-state index in [1.165, 1.54) is 22.5 Å². The zero-order chi connectivity index (χ0) is 13.7. The second-order valence-electron chi connectivity index (χ2n) is 4.42. The molecular formula is C14H17N3OS. The zero-order valence-corrected chi connectivity index (χ0v) is 11.9. The SMILES string of the molecule is Cc1cccc(CNCC(=O)Nc2ncc(C)s2)c1. The lowest BCUT2D eigenvalue weighted by Crippen LogP contribution is -2.27. The molecule has 0 radical (unpaired) electrons. The maximum atomic E-state index is 11.7. The van der Waals surface area contributed by atoms with Gasteiger partial charge in [-0.25, -0.2) is 4.98 Å². The Morgan fingerprint density at radius 2 is 2.21 bits per heavy atom. The number of aryl methyl sites for hydroxylation is 2. The van der Waals surface area contributed by atoms with Crippen molar-refractivity contribution in [2.75, 3.05) is 11.9 Å². The van der Waals surface area contributed by atoms with Gasteiger partial charge < -0.3 is 10.6 Å². The highest BCUT2D eigenvalue weighted by Crippen LogP contribution is 2.15. The van der Waals surface area contributed by atoms with Gasteiger partial charge in [0.25, 0.3) is 0 Å². The number of thiazole rings is 1. The van der Waals surface area contributed by atoms with Crippen molar-refractivity contribution in [2.45, 2.75) is 20.4 Å². The van der Waals surface area contributed by atoms with Crippen LogP contribution in [-0.2, 0) is 11.3 Å². The number of hydrogen-bond acceptors (Lipinski definition) is 4. The zero-order valence-electron chi connectivity index (χ0n) is 11.1. The Balaban J connectivity index is 1.75. The first-order valence-electron chi connectivity index (χ1n) is 6.12. The fourth-order valence-corrected chi connectivity index (χ4v) is 2.40. The van der Waals surface area contributed by atoms with Gasteiger partial charge in [-0.3, -0.25) is 4.79 Å². The number of hydrogen-bond donors (Lipinski definition) is 2. The number of nitrogens with one attached hydrogen (secondary N) is 2. The van der Waals surface area contributed by atoms with Crippen LogP contribution in [0.1, 0.15) is 16.0 Å². The van der Waals surface area contributed by atoms with E-state index in [2.05, 4.69) is 34.7 Å². The van der Waals surface area contributed by atoms with E-state index in [0.717, 1.165) is 4.88 Å². The van der Waals surface area contributed by atoms with Crippen LogP contribution >= 0.6 is 11.3 Å². The highest BCUT2D eigenvalue weighted by Gasteiger charge is 2.04. The molecule has 0 atom stereocenters. The Labute approximate surface area is 116 Å². The predicted molar refractivity (Wildman–Crippen MR) is 78.4 cm³/mol. The van der Waals surface area contributed by atoms with Gasteiger partial charge in [0.05, 0.1) is 6.54 Å². The van der Waals surface area contributed by atoms with Crippen molar-refractivity contribution in [3.63, 3.8) is 0 Å². The Morgan fingerprint density at radius 1 is 1.37 bits per heavy atom. The Morgan fingerprint density at radius 3 is 2.89 bits per heavy atom. The fourth-order valence-electron chi connectivity index (χ4n) is 1.72. The number of carbonyl (C=O) groups excluding carboxylic acids is 1. The van der Waals surface area contributed by atoms with Gasteiger partial charge in [-0.2, -0.15) is 0 Å². The third kappa shape index (κ3) is 4.46. The molecular weight excluding hydrogens is 258 g/mol. The first kappa shape index (κ1) is 13.7. The molecule has 5 heteroatoms. The van der Waals surface area contributed by atoms with Gasteiger partial charge in [-0.1, -0.05) is 29.8 Å². The minimum atomic E-state index is -0.0676. The molecule has 0 spiro atoms. The van der Waals surface area contributed by atoms with Crippen LogP contribution in [0.25, 0.3) is 0 Å². The van der Waals surface area contributed by atoms with Crippen molar-refractivity contribution in [1.82, 2.24) is 10.3 Å². The normalized spacial score (nSPS) is 10.4. The Hall–Kier alpha value is -1.72. The molecule has 1 aromatic heterocycles. The topological polar surface area (TPSA) is 54.0 Å². The largest absolute Gasteiger partial charge is 0.304 e. The Kier molecular flexibility index (Phi) is 4.65. The van der Waals surface area contributed by atoms with Crippen LogP contribution in [0.3, 0.4) is 0 Å². The van der Waals surface area contributed by atoms with Gasteiger partial charge in [-0.15, -0.1) is 11.3 Å². The fraction of sp³-hybridized carbons (Fsp3) is 0.286. The van der Waals surface area contributed by atoms with E-state index < -0.39 is 0 Å². The van der Waals surface area contributed by atoms with Crippen molar-refractivity contribution < 1.29 is 4.79 Å². The van der Waals surface area contributed by atoms with Crippen LogP contribution in [0.15, 0.2) is 30.5 Å². The third-order valence-corrected chi connectivity index (χ3v) is 3.39. The number of benzene rings is 1. The van der Waals surface area contributed by atoms with E-state index in [0.29, 0.717) is 11.7 Å². The lowest BCUT2D eigenvalue weighted by molar-refractivity contribution is -0.115. The molecule has 0 unspecified atom stereocenters. The molecule has 2 aromatic rings. The maximum absolute atomic E-state index is 11.7. The summed E-state index contributed by atoms with van der Waals surface area (Å²) in [7, 11) is 0. The highest BCUT2D eigenvalue weighted by molar-refractivity contribution is 7.15. The molecule has 1 amide bonds. The van der Waals surface area contributed by atoms with Crippen molar-refractivity contribution in [2.24, 2.45) is 0 Å². The second-order valence-corrected chi connectivity index (χ2v) is 5.65. The summed E-state index contributed by atoms with van der Waals surface area (Å²) in [5, 5.41) is 6.54. The van der Waals surface area contributed by atoms with Gasteiger partial charge in [-0.05, 0) is 19.4 Å². The molecule has 0 bridgehead atoms. The van der Waals surface area contributed by atoms with Crippen molar-refractivity contribution in [1.29, 1.82) is 0 Å². The third-order valence-electron chi connectivity index (χ3n) is 2.56. The molecule has 100 valence electrons. The average Bonchev–Trinajstić information content (AvgIpc) is 2.75. The van der Waals surface area contributed by atoms with Crippen molar-refractivity contribution in [3.05, 3.63) is 46.5 Å². The molecule has 0 fully saturated rings. The minimum Gasteiger partial charge on any atom is -0.304 e. The first-order valence-corrected chi connectivity index (χ1v) is 6.93. The summed E-state index contributed by atoms with van der Waals surface area (Å²) in [4.78, 5) is 16.9. The predicted octanol–water partition coefficient (Wildman–Crippen LogP) is 2.49. The van der Waals surface area contributed by atoms with E-state index in [-0.39, 0.29) is 12.5 Å². The van der Waals surface area contributed by atoms with E-state index in [1.807, 2.05) is 19.1 Å². The van der Waals surface area contributed by atoms with Gasteiger partial charge >= 0.3 is 0 Å². The van der Waals surface area contributed by atoms with E-state index >= 15 is 0 Å². The average molecular weight is 275 g/mol. The number of anilines is 1. The van der Waals surface area contributed by atoms with Gasteiger partial charge in [0.2, 0.25) is 5.91 Å². The summed E-state index contributed by atoms with van der Waals surface area (Å²) in [6.07, 6.45) is 1.75. The summed E-state index contributed by atoms with van der Waals surface area (Å²) in [6, 6.07) is 8.23. The molecule has 2 rings (SSSR count). The summed E-state index contributed by atoms with van der Waals surface area (Å²) in [5.41, 5.74) is 2.40. The standard InChI is InChI=1S/C14H17N3OS/c1-10-4-3-5-12(6-10)8-15-9-13(18)17-14-16-7-11(2)19-14/h3-7,15H,8-9H2,1-2H3,(H,16,17,18). The number of rotatable bonds is 5. The van der Waals surface area contributed by atoms with Crippen LogP contribution in [0.2, 0.25) is 0 Å². The number of amides is 1. The summed E-state index contributed by atoms with van der Waals surface area (Å²) in [6.45, 7) is 4.99. The quantitative estimate of drug-likeness (QED) is 0.881. The maximum Gasteiger partial charge on any atom is 0.240 e. The monoisotopic (exact) mass is 275 g/mol. The number of aromatic nitrogens is 1. The van der Waals surface area contributed by atoms with Gasteiger partial charge in [0, 0.05) is 17.6 Å². The first-order chi connectivity index (χ1) is 9.13. The molecule has 0 aliphatic rings. The van der Waals surface area contributed by atoms with Crippen molar-refractivity contribution >= 4 is 22.4 Å². The molecule has 0 aliphatic carbocycles. The molecule has 0 aliphatic heterocycles. The van der Waals surface area contributed by atoms with Crippen molar-refractivity contribution in [3.8, 4) is 0 Å². The summed E-state index contributed by atoms with van der Waals surface area (Å²) < 4.78 is 0. The van der Waals surface area contributed by atoms with Crippen LogP contribution in [0.4, 0.5) is 5.13 Å². The summed E-state index contributed by atoms with van der Waals surface area (Å²) >= 11 is 1.48. The molecule has 2 N–H and O–H groups in total. The lowest BCUT2D eigenvalue weighted by Gasteiger charge is -2.05. The second kappa shape index (κ2) is 6.45. The van der Waals surface area contributed by atoms with Gasteiger partial charge in [0.15, 0.2) is 5.13 Å². The molecule has 1 aromatic carbocycles. The van der Waals surface area contributed by atoms with Crippen LogP contribution < -0.4 is 10.6 Å². The van der Waals surface area contributed by atoms with Gasteiger partial charge in [0.1, 0.15) is 0 Å². The molecule has 19 heavy (non-hydrogen) atoms. The Bertz CT molecular complexity index is 565. The molecule has 1 heterocycles. The van der Waals surface area contributed by atoms with Crippen LogP contribution in [0.5, 0.6) is 0 Å². The van der Waals surface area contributed by atoms with Crippen LogP contribution in [0, 0.1) is 13.8 Å². The van der Waals surface area contributed by atoms with E-state index in [4.69, 9.17) is 0 Å². The van der Waals surface area contributed by atoms with E-state index in [9.17, 15) is 4.79 Å². The summed E-state index contributed by atoms with van der Waals surface area (Å²) in [5.74, 6) is -0.0676. The number of nitrogens with zero attached hydrogens (tertiary/aromatic N) is 1. The lowest BCUT2D eigenvalue weighted by atomic mass is 10.1. The number of carbonyl (C=O) groups is 1. The molecule has 0 saturated carbocycles. The van der Waals surface area contributed by atoms with Crippen LogP contribution in [-0.4, -0.2) is 17.4 Å². The minimum absolute atomic E-state index is 0.0676. The smallest absolute Gasteiger partial charge is 0.240 e. The molecule has 0 saturated heterocycles. The highest BCUT2D eigenvalue weighted by atomic mass is 32.1.